The van der Waals surface area contributed by atoms with E-state index in [0.29, 0.717) is 18.3 Å². The van der Waals surface area contributed by atoms with E-state index in [1.807, 2.05) is 4.68 Å². The molecule has 2 saturated heterocycles. The lowest BCUT2D eigenvalue weighted by atomic mass is 9.99. The number of hydrogen-bond acceptors (Lipinski definition) is 5. The molecule has 0 radical (unpaired) electrons. The molecule has 0 aliphatic carbocycles. The van der Waals surface area contributed by atoms with E-state index in [-0.39, 0.29) is 18.4 Å². The Balaban J connectivity index is 1.66. The standard InChI is InChI=1S/C14H23N5O2/c20-10-11-2-1-7-18(8-11)14(21)13-9-19(17-16-13)12-3-5-15-6-4-12/h9,11-12,15,20H,1-8,10H2. The molecule has 3 rings (SSSR count). The van der Waals surface area contributed by atoms with E-state index in [1.54, 1.807) is 11.1 Å². The smallest absolute Gasteiger partial charge is 0.276 e. The molecule has 1 aromatic heterocycles. The number of nitrogens with zero attached hydrogens (tertiary/aromatic N) is 4. The molecule has 2 aliphatic rings. The van der Waals surface area contributed by atoms with Gasteiger partial charge in [0.15, 0.2) is 5.69 Å². The molecule has 7 nitrogen and oxygen atoms in total. The summed E-state index contributed by atoms with van der Waals surface area (Å²) in [6, 6.07) is 0.340. The van der Waals surface area contributed by atoms with Crippen LogP contribution in [0.2, 0.25) is 0 Å². The predicted molar refractivity (Wildman–Crippen MR) is 76.9 cm³/mol. The highest BCUT2D eigenvalue weighted by atomic mass is 16.3. The number of carbonyl (C=O) groups is 1. The summed E-state index contributed by atoms with van der Waals surface area (Å²) in [5.41, 5.74) is 0.423. The predicted octanol–water partition coefficient (Wildman–Crippen LogP) is 0.0471. The van der Waals surface area contributed by atoms with Crippen molar-refractivity contribution in [3.8, 4) is 0 Å². The molecule has 21 heavy (non-hydrogen) atoms. The first kappa shape index (κ1) is 14.5. The van der Waals surface area contributed by atoms with Crippen molar-refractivity contribution in [3.05, 3.63) is 11.9 Å². The van der Waals surface area contributed by atoms with Gasteiger partial charge >= 0.3 is 0 Å². The molecule has 0 bridgehead atoms. The number of hydrogen-bond donors (Lipinski definition) is 2. The molecule has 1 unspecified atom stereocenters. The summed E-state index contributed by atoms with van der Waals surface area (Å²) in [5, 5.41) is 20.8. The largest absolute Gasteiger partial charge is 0.396 e. The molecule has 2 aliphatic heterocycles. The lowest BCUT2D eigenvalue weighted by molar-refractivity contribution is 0.0615. The number of nitrogens with one attached hydrogen (secondary N) is 1. The Kier molecular flexibility index (Phi) is 4.50. The van der Waals surface area contributed by atoms with Gasteiger partial charge in [0.1, 0.15) is 0 Å². The number of aromatic nitrogens is 3. The molecule has 1 aromatic rings. The minimum atomic E-state index is -0.0617. The van der Waals surface area contributed by atoms with Crippen LogP contribution in [0.25, 0.3) is 0 Å². The van der Waals surface area contributed by atoms with Crippen molar-refractivity contribution in [3.63, 3.8) is 0 Å². The van der Waals surface area contributed by atoms with Crippen LogP contribution in [0, 0.1) is 5.92 Å². The second kappa shape index (κ2) is 6.53. The number of likely N-dealkylation sites (tertiary alicyclic amines) is 1. The highest BCUT2D eigenvalue weighted by molar-refractivity contribution is 5.92. The zero-order valence-electron chi connectivity index (χ0n) is 12.2. The molecule has 7 heteroatoms. The van der Waals surface area contributed by atoms with E-state index >= 15 is 0 Å². The van der Waals surface area contributed by atoms with Crippen molar-refractivity contribution < 1.29 is 9.90 Å². The maximum atomic E-state index is 12.5. The van der Waals surface area contributed by atoms with E-state index in [1.165, 1.54) is 0 Å². The van der Waals surface area contributed by atoms with Crippen LogP contribution in [0.3, 0.4) is 0 Å². The maximum absolute atomic E-state index is 12.5. The van der Waals surface area contributed by atoms with Crippen LogP contribution in [-0.4, -0.2) is 63.7 Å². The van der Waals surface area contributed by atoms with Gasteiger partial charge in [0.2, 0.25) is 0 Å². The molecule has 0 aromatic carbocycles. The van der Waals surface area contributed by atoms with Crippen molar-refractivity contribution in [2.75, 3.05) is 32.8 Å². The van der Waals surface area contributed by atoms with Gasteiger partial charge in [-0.05, 0) is 44.7 Å². The Morgan fingerprint density at radius 2 is 2.19 bits per heavy atom. The zero-order chi connectivity index (χ0) is 14.7. The summed E-state index contributed by atoms with van der Waals surface area (Å²) >= 11 is 0. The lowest BCUT2D eigenvalue weighted by Crippen LogP contribution is -2.41. The number of amides is 1. The van der Waals surface area contributed by atoms with Crippen molar-refractivity contribution in [2.24, 2.45) is 5.92 Å². The first-order valence-electron chi connectivity index (χ1n) is 7.80. The summed E-state index contributed by atoms with van der Waals surface area (Å²) in [5.74, 6) is 0.135. The second-order valence-electron chi connectivity index (χ2n) is 6.01. The SMILES string of the molecule is O=C(c1cn(C2CCNCC2)nn1)N1CCCC(CO)C1. The summed E-state index contributed by atoms with van der Waals surface area (Å²) in [4.78, 5) is 14.3. The first-order chi connectivity index (χ1) is 10.3. The Bertz CT molecular complexity index is 483. The molecule has 3 heterocycles. The average molecular weight is 293 g/mol. The number of rotatable bonds is 3. The van der Waals surface area contributed by atoms with Crippen LogP contribution in [0.15, 0.2) is 6.20 Å². The molecular weight excluding hydrogens is 270 g/mol. The number of piperidine rings is 2. The third-order valence-corrected chi connectivity index (χ3v) is 4.48. The Morgan fingerprint density at radius 1 is 1.38 bits per heavy atom. The van der Waals surface area contributed by atoms with Gasteiger partial charge in [-0.25, -0.2) is 4.68 Å². The Hall–Kier alpha value is -1.47. The van der Waals surface area contributed by atoms with Crippen LogP contribution >= 0.6 is 0 Å². The van der Waals surface area contributed by atoms with Gasteiger partial charge in [0.05, 0.1) is 12.2 Å². The van der Waals surface area contributed by atoms with E-state index in [0.717, 1.165) is 45.3 Å². The summed E-state index contributed by atoms with van der Waals surface area (Å²) < 4.78 is 1.83. The third kappa shape index (κ3) is 3.24. The molecule has 1 amide bonds. The molecule has 2 fully saturated rings. The fourth-order valence-electron chi connectivity index (χ4n) is 3.18. The molecule has 2 N–H and O–H groups in total. The fraction of sp³-hybridized carbons (Fsp3) is 0.786. The summed E-state index contributed by atoms with van der Waals surface area (Å²) in [6.45, 7) is 3.48. The van der Waals surface area contributed by atoms with Crippen LogP contribution in [0.1, 0.15) is 42.2 Å². The quantitative estimate of drug-likeness (QED) is 0.822. The van der Waals surface area contributed by atoms with E-state index in [2.05, 4.69) is 15.6 Å². The summed E-state index contributed by atoms with van der Waals surface area (Å²) in [6.07, 6.45) is 5.75. The van der Waals surface area contributed by atoms with Crippen molar-refractivity contribution in [1.29, 1.82) is 0 Å². The second-order valence-corrected chi connectivity index (χ2v) is 6.01. The van der Waals surface area contributed by atoms with Crippen molar-refractivity contribution >= 4 is 5.91 Å². The van der Waals surface area contributed by atoms with E-state index < -0.39 is 0 Å². The fourth-order valence-corrected chi connectivity index (χ4v) is 3.18. The van der Waals surface area contributed by atoms with Crippen LogP contribution in [-0.2, 0) is 0 Å². The highest BCUT2D eigenvalue weighted by Gasteiger charge is 2.26. The van der Waals surface area contributed by atoms with Crippen LogP contribution < -0.4 is 5.32 Å². The number of aliphatic hydroxyl groups is 1. The number of aliphatic hydroxyl groups excluding tert-OH is 1. The molecule has 0 saturated carbocycles. The summed E-state index contributed by atoms with van der Waals surface area (Å²) in [7, 11) is 0. The Labute approximate surface area is 124 Å². The van der Waals surface area contributed by atoms with Crippen LogP contribution in [0.4, 0.5) is 0 Å². The molecular formula is C14H23N5O2. The van der Waals surface area contributed by atoms with Gasteiger partial charge in [0, 0.05) is 19.7 Å². The van der Waals surface area contributed by atoms with Gasteiger partial charge in [0.25, 0.3) is 5.91 Å². The van der Waals surface area contributed by atoms with Crippen molar-refractivity contribution in [1.82, 2.24) is 25.2 Å². The minimum absolute atomic E-state index is 0.0617. The average Bonchev–Trinajstić information content (AvgIpc) is 3.05. The van der Waals surface area contributed by atoms with Gasteiger partial charge in [-0.1, -0.05) is 5.21 Å². The van der Waals surface area contributed by atoms with Gasteiger partial charge in [-0.3, -0.25) is 4.79 Å². The van der Waals surface area contributed by atoms with Crippen molar-refractivity contribution in [2.45, 2.75) is 31.7 Å². The highest BCUT2D eigenvalue weighted by Crippen LogP contribution is 2.20. The first-order valence-corrected chi connectivity index (χ1v) is 7.80. The molecule has 116 valence electrons. The monoisotopic (exact) mass is 293 g/mol. The van der Waals surface area contributed by atoms with E-state index in [4.69, 9.17) is 0 Å². The molecule has 0 spiro atoms. The zero-order valence-corrected chi connectivity index (χ0v) is 12.2. The maximum Gasteiger partial charge on any atom is 0.276 e. The van der Waals surface area contributed by atoms with Gasteiger partial charge < -0.3 is 15.3 Å². The minimum Gasteiger partial charge on any atom is -0.396 e. The lowest BCUT2D eigenvalue weighted by Gasteiger charge is -2.31. The van der Waals surface area contributed by atoms with Gasteiger partial charge in [-0.2, -0.15) is 0 Å². The van der Waals surface area contributed by atoms with Gasteiger partial charge in [-0.15, -0.1) is 5.10 Å². The topological polar surface area (TPSA) is 83.3 Å². The molecule has 1 atom stereocenters. The van der Waals surface area contributed by atoms with E-state index in [9.17, 15) is 9.90 Å². The number of carbonyl (C=O) groups excluding carboxylic acids is 1. The third-order valence-electron chi connectivity index (χ3n) is 4.48. The normalized spacial score (nSPS) is 24.2. The Morgan fingerprint density at radius 3 is 2.95 bits per heavy atom. The van der Waals surface area contributed by atoms with Crippen LogP contribution in [0.5, 0.6) is 0 Å².